The largest absolute Gasteiger partial charge is 0.457 e. The maximum absolute atomic E-state index is 14.1. The number of alkyl carbamates (subject to hydrolysis) is 2. The van der Waals surface area contributed by atoms with Crippen molar-refractivity contribution in [3.8, 4) is 34.0 Å². The van der Waals surface area contributed by atoms with Gasteiger partial charge in [0.1, 0.15) is 35.2 Å². The van der Waals surface area contributed by atoms with Crippen LogP contribution in [-0.4, -0.2) is 120 Å². The van der Waals surface area contributed by atoms with Crippen LogP contribution >= 0.6 is 0 Å². The van der Waals surface area contributed by atoms with Gasteiger partial charge in [-0.3, -0.25) is 9.59 Å². The number of imidazole rings is 2. The number of benzene rings is 3. The minimum Gasteiger partial charge on any atom is -0.457 e. The highest BCUT2D eigenvalue weighted by Crippen LogP contribution is 2.51. The number of aromatic amines is 2. The van der Waals surface area contributed by atoms with Crippen LogP contribution in [0.4, 0.5) is 9.59 Å². The molecular weight excluding hydrogens is 869 g/mol. The fourth-order valence-corrected chi connectivity index (χ4v) is 10.6. The molecule has 6 heterocycles. The van der Waals surface area contributed by atoms with Crippen molar-refractivity contribution in [2.24, 2.45) is 11.8 Å². The van der Waals surface area contributed by atoms with E-state index in [1.54, 1.807) is 11.1 Å². The number of nitrogens with zero attached hydrogens (tertiary/aromatic N) is 4. The zero-order valence-electron chi connectivity index (χ0n) is 39.5. The topological polar surface area (TPSA) is 202 Å². The molecule has 17 nitrogen and oxygen atoms in total. The highest BCUT2D eigenvalue weighted by molar-refractivity contribution is 5.93. The van der Waals surface area contributed by atoms with E-state index in [0.29, 0.717) is 76.8 Å². The Balaban J connectivity index is 0.911. The van der Waals surface area contributed by atoms with Crippen LogP contribution in [0.15, 0.2) is 60.9 Å². The number of likely N-dealkylation sites (tertiary alicyclic amines) is 1. The molecule has 0 radical (unpaired) electrons. The Labute approximate surface area is 396 Å². The summed E-state index contributed by atoms with van der Waals surface area (Å²) in [6.07, 6.45) is 7.39. The molecule has 4 aliphatic rings. The van der Waals surface area contributed by atoms with E-state index in [4.69, 9.17) is 33.7 Å². The number of carbonyl (C=O) groups is 4. The number of hydrogen-bond acceptors (Lipinski definition) is 11. The van der Waals surface area contributed by atoms with Gasteiger partial charge in [0, 0.05) is 67.2 Å². The summed E-state index contributed by atoms with van der Waals surface area (Å²) >= 11 is 0. The molecule has 0 spiro atoms. The van der Waals surface area contributed by atoms with Crippen LogP contribution in [-0.2, 0) is 40.5 Å². The summed E-state index contributed by atoms with van der Waals surface area (Å²) < 4.78 is 27.6. The number of carbonyl (C=O) groups excluding carboxylic acids is 4. The first-order chi connectivity index (χ1) is 33.0. The zero-order chi connectivity index (χ0) is 47.5. The predicted molar refractivity (Wildman–Crippen MR) is 253 cm³/mol. The molecular formula is C51H62N8O9. The second kappa shape index (κ2) is 20.0. The molecule has 5 aromatic rings. The molecule has 1 unspecified atom stereocenters. The number of nitrogens with one attached hydrogen (secondary N) is 4. The molecule has 3 atom stereocenters. The van der Waals surface area contributed by atoms with Crippen LogP contribution in [0.1, 0.15) is 94.5 Å². The molecule has 3 aromatic carbocycles. The third kappa shape index (κ3) is 9.37. The fourth-order valence-electron chi connectivity index (χ4n) is 10.6. The second-order valence-corrected chi connectivity index (χ2v) is 18.8. The van der Waals surface area contributed by atoms with Gasteiger partial charge < -0.3 is 54.1 Å². The smallest absolute Gasteiger partial charge is 0.407 e. The van der Waals surface area contributed by atoms with E-state index in [1.165, 1.54) is 14.2 Å². The molecule has 2 aromatic heterocycles. The lowest BCUT2D eigenvalue weighted by atomic mass is 9.73. The van der Waals surface area contributed by atoms with Gasteiger partial charge in [-0.25, -0.2) is 19.6 Å². The highest BCUT2D eigenvalue weighted by Gasteiger charge is 2.41. The van der Waals surface area contributed by atoms with Crippen molar-refractivity contribution in [3.05, 3.63) is 83.7 Å². The molecule has 17 heteroatoms. The average Bonchev–Trinajstić information content (AvgIpc) is 4.17. The molecule has 360 valence electrons. The van der Waals surface area contributed by atoms with Crippen molar-refractivity contribution < 1.29 is 42.9 Å². The van der Waals surface area contributed by atoms with Crippen LogP contribution < -0.4 is 15.4 Å². The molecule has 4 N–H and O–H groups in total. The number of ether oxygens (including phenoxy) is 5. The molecule has 3 fully saturated rings. The quantitative estimate of drug-likeness (QED) is 0.0899. The summed E-state index contributed by atoms with van der Waals surface area (Å²) in [5, 5.41) is 7.76. The number of hydrogen-bond donors (Lipinski definition) is 4. The van der Waals surface area contributed by atoms with Gasteiger partial charge in [-0.15, -0.1) is 0 Å². The number of rotatable bonds is 13. The summed E-state index contributed by atoms with van der Waals surface area (Å²) in [4.78, 5) is 72.9. The standard InChI is InChI=1S/C51H62N8O9/c1-6-19-58(47(60)44(56-49(62)64-4)30-15-21-66-22-16-30)29-42-52-27-37(54-42)33-9-12-35-32(25-33)11-14-40-43(35)51(2,3)36-13-10-34(26-41(36)68-40)38-28-53-46(55-38)39-8-7-20-59(39)48(61)45(57-50(63)65-5)31-17-23-67-24-18-31/h9-14,25-28,30-31,39,44-45H,6-8,15-24,29H2,1-5H3,(H,52,54)(H,53,55)(H,56,62)(H,57,63)/t39-,44-,45?/m0/s1. The van der Waals surface area contributed by atoms with Crippen molar-refractivity contribution in [3.63, 3.8) is 0 Å². The van der Waals surface area contributed by atoms with Crippen LogP contribution in [0.5, 0.6) is 11.5 Å². The Kier molecular flexibility index (Phi) is 13.7. The van der Waals surface area contributed by atoms with E-state index in [9.17, 15) is 19.2 Å². The van der Waals surface area contributed by atoms with Gasteiger partial charge in [-0.05, 0) is 85.8 Å². The Bertz CT molecular complexity index is 2650. The summed E-state index contributed by atoms with van der Waals surface area (Å²) in [5.74, 6) is 2.51. The van der Waals surface area contributed by atoms with E-state index >= 15 is 0 Å². The Morgan fingerprint density at radius 3 is 2.16 bits per heavy atom. The van der Waals surface area contributed by atoms with Crippen LogP contribution in [0.25, 0.3) is 33.3 Å². The highest BCUT2D eigenvalue weighted by atomic mass is 16.5. The third-order valence-corrected chi connectivity index (χ3v) is 14.2. The first-order valence-electron chi connectivity index (χ1n) is 23.9. The number of fused-ring (bicyclic) bond motifs is 4. The second-order valence-electron chi connectivity index (χ2n) is 18.8. The van der Waals surface area contributed by atoms with Gasteiger partial charge in [0.05, 0.1) is 50.6 Å². The summed E-state index contributed by atoms with van der Waals surface area (Å²) in [5.41, 5.74) is 5.25. The first-order valence-corrected chi connectivity index (χ1v) is 23.9. The van der Waals surface area contributed by atoms with E-state index < -0.39 is 29.7 Å². The van der Waals surface area contributed by atoms with Crippen molar-refractivity contribution in [1.29, 1.82) is 0 Å². The normalized spacial score (nSPS) is 19.0. The Hall–Kier alpha value is -6.46. The number of methoxy groups -OCH3 is 2. The zero-order valence-corrected chi connectivity index (χ0v) is 39.5. The molecule has 4 amide bonds. The van der Waals surface area contributed by atoms with Crippen LogP contribution in [0, 0.1) is 11.8 Å². The van der Waals surface area contributed by atoms with Gasteiger partial charge in [0.2, 0.25) is 11.8 Å². The maximum atomic E-state index is 14.1. The van der Waals surface area contributed by atoms with Gasteiger partial charge in [-0.1, -0.05) is 51.1 Å². The summed E-state index contributed by atoms with van der Waals surface area (Å²) in [6, 6.07) is 15.1. The molecule has 0 bridgehead atoms. The van der Waals surface area contributed by atoms with E-state index in [-0.39, 0.29) is 36.2 Å². The first kappa shape index (κ1) is 46.6. The van der Waals surface area contributed by atoms with Crippen molar-refractivity contribution in [2.45, 2.75) is 95.8 Å². The Morgan fingerprint density at radius 1 is 0.809 bits per heavy atom. The molecule has 68 heavy (non-hydrogen) atoms. The molecule has 9 rings (SSSR count). The summed E-state index contributed by atoms with van der Waals surface area (Å²) in [7, 11) is 2.61. The van der Waals surface area contributed by atoms with E-state index in [2.05, 4.69) is 76.9 Å². The SMILES string of the molecule is CCCN(Cc1ncc(-c2ccc3c4c(ccc3c2)Oc2cc(-c3cnc([C@@H]5CCCN5C(=O)C(NC(=O)OC)C5CCOCC5)[nH]3)ccc2C4(C)C)[nH]1)C(=O)[C@@H](NC(=O)OC)C1CCOCC1. The van der Waals surface area contributed by atoms with Gasteiger partial charge in [-0.2, -0.15) is 0 Å². The van der Waals surface area contributed by atoms with E-state index in [0.717, 1.165) is 75.2 Å². The van der Waals surface area contributed by atoms with Crippen molar-refractivity contribution in [2.75, 3.05) is 53.7 Å². The van der Waals surface area contributed by atoms with E-state index in [1.807, 2.05) is 24.1 Å². The summed E-state index contributed by atoms with van der Waals surface area (Å²) in [6.45, 7) is 9.99. The molecule has 0 aliphatic carbocycles. The molecule has 3 saturated heterocycles. The third-order valence-electron chi connectivity index (χ3n) is 14.2. The van der Waals surface area contributed by atoms with Gasteiger partial charge >= 0.3 is 12.2 Å². The van der Waals surface area contributed by atoms with Crippen LogP contribution in [0.2, 0.25) is 0 Å². The minimum absolute atomic E-state index is 0.0460. The molecule has 4 aliphatic heterocycles. The number of amides is 4. The average molecular weight is 931 g/mol. The maximum Gasteiger partial charge on any atom is 0.407 e. The van der Waals surface area contributed by atoms with Crippen LogP contribution in [0.3, 0.4) is 0 Å². The monoisotopic (exact) mass is 930 g/mol. The van der Waals surface area contributed by atoms with Crippen molar-refractivity contribution in [1.82, 2.24) is 40.4 Å². The number of H-pyrrole nitrogens is 2. The van der Waals surface area contributed by atoms with Gasteiger partial charge in [0.15, 0.2) is 0 Å². The Morgan fingerprint density at radius 2 is 1.46 bits per heavy atom. The molecule has 0 saturated carbocycles. The minimum atomic E-state index is -0.722. The lowest BCUT2D eigenvalue weighted by molar-refractivity contribution is -0.137. The lowest BCUT2D eigenvalue weighted by Gasteiger charge is -2.35. The van der Waals surface area contributed by atoms with Gasteiger partial charge in [0.25, 0.3) is 0 Å². The fraction of sp³-hybridized carbons (Fsp3) is 0.490. The number of aromatic nitrogens is 4. The lowest BCUT2D eigenvalue weighted by Crippen LogP contribution is -2.53. The van der Waals surface area contributed by atoms with Crippen molar-refractivity contribution >= 4 is 34.8 Å². The predicted octanol–water partition coefficient (Wildman–Crippen LogP) is 7.76.